The number of fused-ring (bicyclic) bond motifs is 1. The molecular formula is C8H11N3. The zero-order valence-electron chi connectivity index (χ0n) is 6.62. The van der Waals surface area contributed by atoms with Crippen LogP contribution in [0, 0.1) is 0 Å². The van der Waals surface area contributed by atoms with Gasteiger partial charge >= 0.3 is 0 Å². The van der Waals surface area contributed by atoms with Crippen molar-refractivity contribution in [1.29, 1.82) is 0 Å². The quantitative estimate of drug-likeness (QED) is 0.559. The van der Waals surface area contributed by atoms with Crippen LogP contribution in [0.25, 0.3) is 5.57 Å². The molecule has 3 heteroatoms. The van der Waals surface area contributed by atoms with Crippen LogP contribution in [0.3, 0.4) is 0 Å². The van der Waals surface area contributed by atoms with Gasteiger partial charge in [-0.2, -0.15) is 5.10 Å². The average Bonchev–Trinajstić information content (AvgIpc) is 2.50. The molecule has 11 heavy (non-hydrogen) atoms. The molecule has 0 atom stereocenters. The van der Waals surface area contributed by atoms with Crippen LogP contribution in [-0.4, -0.2) is 14.8 Å². The fourth-order valence-corrected chi connectivity index (χ4v) is 1.48. The molecule has 0 aromatic carbocycles. The first-order chi connectivity index (χ1) is 5.42. The zero-order valence-corrected chi connectivity index (χ0v) is 6.62. The summed E-state index contributed by atoms with van der Waals surface area (Å²) in [4.78, 5) is 4.19. The predicted molar refractivity (Wildman–Crippen MR) is 42.9 cm³/mol. The first-order valence-electron chi connectivity index (χ1n) is 3.95. The van der Waals surface area contributed by atoms with Gasteiger partial charge in [0.2, 0.25) is 0 Å². The van der Waals surface area contributed by atoms with Crippen molar-refractivity contribution >= 4 is 5.57 Å². The lowest BCUT2D eigenvalue weighted by Gasteiger charge is -2.14. The minimum atomic E-state index is 1.02. The van der Waals surface area contributed by atoms with Crippen LogP contribution in [0.5, 0.6) is 0 Å². The Morgan fingerprint density at radius 3 is 3.36 bits per heavy atom. The van der Waals surface area contributed by atoms with Crippen molar-refractivity contribution in [1.82, 2.24) is 14.8 Å². The summed E-state index contributed by atoms with van der Waals surface area (Å²) in [5.41, 5.74) is 1.33. The Hall–Kier alpha value is -1.12. The predicted octanol–water partition coefficient (Wildman–Crippen LogP) is 1.48. The van der Waals surface area contributed by atoms with Gasteiger partial charge in [0.15, 0.2) is 5.82 Å². The van der Waals surface area contributed by atoms with E-state index in [4.69, 9.17) is 0 Å². The number of aryl methyl sites for hydroxylation is 1. The molecule has 2 rings (SSSR count). The molecule has 1 aliphatic rings. The average molecular weight is 149 g/mol. The Morgan fingerprint density at radius 1 is 1.64 bits per heavy atom. The van der Waals surface area contributed by atoms with Crippen molar-refractivity contribution in [2.75, 3.05) is 0 Å². The Morgan fingerprint density at radius 2 is 2.55 bits per heavy atom. The molecule has 0 bridgehead atoms. The van der Waals surface area contributed by atoms with Gasteiger partial charge in [0.05, 0.1) is 0 Å². The van der Waals surface area contributed by atoms with Gasteiger partial charge in [-0.25, -0.2) is 9.67 Å². The molecule has 0 N–H and O–H groups in total. The lowest BCUT2D eigenvalue weighted by atomic mass is 10.1. The summed E-state index contributed by atoms with van der Waals surface area (Å²) < 4.78 is 1.97. The first kappa shape index (κ1) is 6.58. The van der Waals surface area contributed by atoms with E-state index in [0.29, 0.717) is 0 Å². The van der Waals surface area contributed by atoms with E-state index >= 15 is 0 Å². The van der Waals surface area contributed by atoms with Gasteiger partial charge in [0.1, 0.15) is 6.33 Å². The highest BCUT2D eigenvalue weighted by molar-refractivity contribution is 5.60. The van der Waals surface area contributed by atoms with Crippen molar-refractivity contribution in [3.63, 3.8) is 0 Å². The number of allylic oxidation sites excluding steroid dienone is 2. The summed E-state index contributed by atoms with van der Waals surface area (Å²) in [5.74, 6) is 1.05. The highest BCUT2D eigenvalue weighted by Crippen LogP contribution is 2.22. The number of rotatable bonds is 0. The van der Waals surface area contributed by atoms with Crippen molar-refractivity contribution in [2.45, 2.75) is 26.3 Å². The number of hydrogen-bond acceptors (Lipinski definition) is 2. The Kier molecular flexibility index (Phi) is 1.49. The maximum absolute atomic E-state index is 4.19. The third-order valence-electron chi connectivity index (χ3n) is 2.07. The molecule has 1 aliphatic heterocycles. The van der Waals surface area contributed by atoms with Crippen LogP contribution in [0.15, 0.2) is 12.4 Å². The van der Waals surface area contributed by atoms with E-state index in [0.717, 1.165) is 18.8 Å². The maximum atomic E-state index is 4.19. The number of aromatic nitrogens is 3. The van der Waals surface area contributed by atoms with E-state index in [1.54, 1.807) is 6.33 Å². The van der Waals surface area contributed by atoms with E-state index in [1.807, 2.05) is 4.68 Å². The van der Waals surface area contributed by atoms with Crippen LogP contribution in [0.4, 0.5) is 0 Å². The molecule has 0 saturated carbocycles. The van der Waals surface area contributed by atoms with E-state index < -0.39 is 0 Å². The lowest BCUT2D eigenvalue weighted by Crippen LogP contribution is -2.10. The third-order valence-corrected chi connectivity index (χ3v) is 2.07. The SMILES string of the molecule is C/C=C1/CCCn2ncnc21. The van der Waals surface area contributed by atoms with Crippen LogP contribution < -0.4 is 0 Å². The largest absolute Gasteiger partial charge is 0.246 e. The molecule has 3 nitrogen and oxygen atoms in total. The van der Waals surface area contributed by atoms with Crippen LogP contribution in [0.2, 0.25) is 0 Å². The lowest BCUT2D eigenvalue weighted by molar-refractivity contribution is 0.551. The highest BCUT2D eigenvalue weighted by atomic mass is 15.3. The fraction of sp³-hybridized carbons (Fsp3) is 0.500. The molecule has 0 fully saturated rings. The van der Waals surface area contributed by atoms with Crippen molar-refractivity contribution < 1.29 is 0 Å². The number of hydrogen-bond donors (Lipinski definition) is 0. The van der Waals surface area contributed by atoms with Crippen molar-refractivity contribution in [2.24, 2.45) is 0 Å². The standard InChI is InChI=1S/C8H11N3/c1-2-7-4-3-5-11-8(7)9-6-10-11/h2,6H,3-5H2,1H3/b7-2-. The second-order valence-electron chi connectivity index (χ2n) is 2.72. The smallest absolute Gasteiger partial charge is 0.153 e. The second kappa shape index (κ2) is 2.49. The first-order valence-corrected chi connectivity index (χ1v) is 3.95. The molecule has 58 valence electrons. The molecule has 0 aliphatic carbocycles. The van der Waals surface area contributed by atoms with E-state index in [2.05, 4.69) is 23.1 Å². The Bertz CT molecular complexity index is 285. The Labute approximate surface area is 65.8 Å². The van der Waals surface area contributed by atoms with Crippen molar-refractivity contribution in [3.05, 3.63) is 18.2 Å². The molecule has 0 spiro atoms. The van der Waals surface area contributed by atoms with Crippen LogP contribution in [0.1, 0.15) is 25.6 Å². The molecule has 0 saturated heterocycles. The summed E-state index contributed by atoms with van der Waals surface area (Å²) in [6, 6.07) is 0. The van der Waals surface area contributed by atoms with E-state index in [9.17, 15) is 0 Å². The molecule has 2 heterocycles. The topological polar surface area (TPSA) is 30.7 Å². The van der Waals surface area contributed by atoms with Gasteiger partial charge < -0.3 is 0 Å². The molecular weight excluding hydrogens is 138 g/mol. The Balaban J connectivity index is 2.48. The second-order valence-corrected chi connectivity index (χ2v) is 2.72. The maximum Gasteiger partial charge on any atom is 0.153 e. The minimum absolute atomic E-state index is 1.02. The molecule has 0 amide bonds. The minimum Gasteiger partial charge on any atom is -0.246 e. The summed E-state index contributed by atoms with van der Waals surface area (Å²) in [6.07, 6.45) is 6.09. The molecule has 1 aromatic rings. The normalized spacial score (nSPS) is 20.3. The van der Waals surface area contributed by atoms with E-state index in [1.165, 1.54) is 12.0 Å². The molecule has 1 aromatic heterocycles. The fourth-order valence-electron chi connectivity index (χ4n) is 1.48. The van der Waals surface area contributed by atoms with E-state index in [-0.39, 0.29) is 0 Å². The monoisotopic (exact) mass is 149 g/mol. The summed E-state index contributed by atoms with van der Waals surface area (Å²) in [5, 5.41) is 4.12. The van der Waals surface area contributed by atoms with Crippen LogP contribution in [-0.2, 0) is 6.54 Å². The van der Waals surface area contributed by atoms with Gasteiger partial charge in [-0.05, 0) is 25.3 Å². The van der Waals surface area contributed by atoms with Crippen LogP contribution >= 0.6 is 0 Å². The van der Waals surface area contributed by atoms with Gasteiger partial charge in [-0.3, -0.25) is 0 Å². The highest BCUT2D eigenvalue weighted by Gasteiger charge is 2.13. The van der Waals surface area contributed by atoms with Gasteiger partial charge in [0, 0.05) is 6.54 Å². The molecule has 0 radical (unpaired) electrons. The summed E-state index contributed by atoms with van der Waals surface area (Å²) >= 11 is 0. The summed E-state index contributed by atoms with van der Waals surface area (Å²) in [7, 11) is 0. The molecule has 0 unspecified atom stereocenters. The summed E-state index contributed by atoms with van der Waals surface area (Å²) in [6.45, 7) is 3.08. The third kappa shape index (κ3) is 0.964. The zero-order chi connectivity index (χ0) is 7.68. The van der Waals surface area contributed by atoms with Gasteiger partial charge in [0.25, 0.3) is 0 Å². The van der Waals surface area contributed by atoms with Gasteiger partial charge in [-0.1, -0.05) is 6.08 Å². The van der Waals surface area contributed by atoms with Gasteiger partial charge in [-0.15, -0.1) is 0 Å². The van der Waals surface area contributed by atoms with Crippen molar-refractivity contribution in [3.8, 4) is 0 Å². The number of nitrogens with zero attached hydrogens (tertiary/aromatic N) is 3.